The van der Waals surface area contributed by atoms with Crippen molar-refractivity contribution in [3.63, 3.8) is 0 Å². The van der Waals surface area contributed by atoms with Gasteiger partial charge in [0.15, 0.2) is 6.61 Å². The minimum atomic E-state index is 0.00678. The zero-order valence-corrected chi connectivity index (χ0v) is 13.5. The Morgan fingerprint density at radius 1 is 1.15 bits per heavy atom. The Morgan fingerprint density at radius 3 is 2.20 bits per heavy atom. The van der Waals surface area contributed by atoms with Crippen LogP contribution >= 0.6 is 11.6 Å². The molecule has 0 fully saturated rings. The van der Waals surface area contributed by atoms with Crippen LogP contribution in [-0.4, -0.2) is 30.5 Å². The Balaban J connectivity index is 2.59. The molecule has 0 atom stereocenters. The number of hydrogen-bond acceptors (Lipinski definition) is 2. The highest BCUT2D eigenvalue weighted by molar-refractivity contribution is 6.32. The SMILES string of the molecule is CC(C)CN(CC(C)C)C(=O)COc1ccccc1Cl. The largest absolute Gasteiger partial charge is 0.482 e. The van der Waals surface area contributed by atoms with Crippen molar-refractivity contribution in [1.29, 1.82) is 0 Å². The van der Waals surface area contributed by atoms with Crippen molar-refractivity contribution < 1.29 is 9.53 Å². The number of nitrogens with zero attached hydrogens (tertiary/aromatic N) is 1. The van der Waals surface area contributed by atoms with Gasteiger partial charge in [0.1, 0.15) is 5.75 Å². The van der Waals surface area contributed by atoms with E-state index in [4.69, 9.17) is 16.3 Å². The maximum absolute atomic E-state index is 12.3. The van der Waals surface area contributed by atoms with E-state index >= 15 is 0 Å². The lowest BCUT2D eigenvalue weighted by molar-refractivity contribution is -0.134. The average molecular weight is 298 g/mol. The van der Waals surface area contributed by atoms with E-state index in [9.17, 15) is 4.79 Å². The zero-order chi connectivity index (χ0) is 15.1. The Labute approximate surface area is 126 Å². The highest BCUT2D eigenvalue weighted by Crippen LogP contribution is 2.23. The maximum atomic E-state index is 12.3. The molecule has 0 heterocycles. The normalized spacial score (nSPS) is 10.9. The summed E-state index contributed by atoms with van der Waals surface area (Å²) in [5.41, 5.74) is 0. The van der Waals surface area contributed by atoms with Gasteiger partial charge in [0.05, 0.1) is 5.02 Å². The first-order chi connectivity index (χ1) is 9.40. The number of para-hydroxylation sites is 1. The minimum absolute atomic E-state index is 0.00678. The maximum Gasteiger partial charge on any atom is 0.260 e. The third-order valence-corrected chi connectivity index (χ3v) is 3.02. The summed E-state index contributed by atoms with van der Waals surface area (Å²) in [5, 5.41) is 0.527. The summed E-state index contributed by atoms with van der Waals surface area (Å²) in [5.74, 6) is 1.44. The van der Waals surface area contributed by atoms with Crippen LogP contribution in [0, 0.1) is 11.8 Å². The number of hydrogen-bond donors (Lipinski definition) is 0. The van der Waals surface area contributed by atoms with E-state index in [1.165, 1.54) is 0 Å². The molecule has 0 spiro atoms. The summed E-state index contributed by atoms with van der Waals surface area (Å²) >= 11 is 6.01. The van der Waals surface area contributed by atoms with Gasteiger partial charge in [-0.25, -0.2) is 0 Å². The van der Waals surface area contributed by atoms with Crippen LogP contribution in [0.25, 0.3) is 0 Å². The molecule has 1 aromatic rings. The molecule has 0 unspecified atom stereocenters. The molecule has 3 nitrogen and oxygen atoms in total. The van der Waals surface area contributed by atoms with Crippen molar-refractivity contribution in [2.45, 2.75) is 27.7 Å². The summed E-state index contributed by atoms with van der Waals surface area (Å²) in [7, 11) is 0. The Morgan fingerprint density at radius 2 is 1.70 bits per heavy atom. The van der Waals surface area contributed by atoms with Gasteiger partial charge in [0, 0.05) is 13.1 Å². The standard InChI is InChI=1S/C16H24ClNO2/c1-12(2)9-18(10-13(3)4)16(19)11-20-15-8-6-5-7-14(15)17/h5-8,12-13H,9-11H2,1-4H3. The van der Waals surface area contributed by atoms with Crippen LogP contribution < -0.4 is 4.74 Å². The second-order valence-corrected chi connectivity index (χ2v) is 6.21. The zero-order valence-electron chi connectivity index (χ0n) is 12.7. The van der Waals surface area contributed by atoms with Crippen molar-refractivity contribution >= 4 is 17.5 Å². The molecule has 1 amide bonds. The molecule has 0 aliphatic carbocycles. The van der Waals surface area contributed by atoms with Gasteiger partial charge in [-0.2, -0.15) is 0 Å². The number of rotatable bonds is 7. The summed E-state index contributed by atoms with van der Waals surface area (Å²) in [4.78, 5) is 14.1. The van der Waals surface area contributed by atoms with Crippen molar-refractivity contribution in [2.75, 3.05) is 19.7 Å². The van der Waals surface area contributed by atoms with Gasteiger partial charge in [-0.1, -0.05) is 51.4 Å². The number of carbonyl (C=O) groups is 1. The number of ether oxygens (including phenoxy) is 1. The lowest BCUT2D eigenvalue weighted by Crippen LogP contribution is -2.39. The molecule has 0 bridgehead atoms. The summed E-state index contributed by atoms with van der Waals surface area (Å²) in [6, 6.07) is 7.19. The van der Waals surface area contributed by atoms with Crippen LogP contribution in [0.5, 0.6) is 5.75 Å². The van der Waals surface area contributed by atoms with E-state index in [0.29, 0.717) is 22.6 Å². The van der Waals surface area contributed by atoms with Crippen molar-refractivity contribution in [3.05, 3.63) is 29.3 Å². The molecule has 0 aliphatic rings. The van der Waals surface area contributed by atoms with Gasteiger partial charge in [0.25, 0.3) is 5.91 Å². The summed E-state index contributed by atoms with van der Waals surface area (Å²) < 4.78 is 5.52. The number of carbonyl (C=O) groups excluding carboxylic acids is 1. The third-order valence-electron chi connectivity index (χ3n) is 2.71. The minimum Gasteiger partial charge on any atom is -0.482 e. The van der Waals surface area contributed by atoms with E-state index in [1.807, 2.05) is 17.0 Å². The molecule has 0 aromatic heterocycles. The van der Waals surface area contributed by atoms with Gasteiger partial charge < -0.3 is 9.64 Å². The number of halogens is 1. The molecule has 0 saturated heterocycles. The first-order valence-corrected chi connectivity index (χ1v) is 7.43. The van der Waals surface area contributed by atoms with Gasteiger partial charge in [-0.05, 0) is 24.0 Å². The summed E-state index contributed by atoms with van der Waals surface area (Å²) in [6.07, 6.45) is 0. The lowest BCUT2D eigenvalue weighted by Gasteiger charge is -2.26. The monoisotopic (exact) mass is 297 g/mol. The fraction of sp³-hybridized carbons (Fsp3) is 0.562. The first-order valence-electron chi connectivity index (χ1n) is 7.05. The van der Waals surface area contributed by atoms with Gasteiger partial charge in [-0.15, -0.1) is 0 Å². The van der Waals surface area contributed by atoms with E-state index in [2.05, 4.69) is 27.7 Å². The van der Waals surface area contributed by atoms with Crippen molar-refractivity contribution in [3.8, 4) is 5.75 Å². The van der Waals surface area contributed by atoms with E-state index in [0.717, 1.165) is 13.1 Å². The molecule has 1 aromatic carbocycles. The number of amides is 1. The van der Waals surface area contributed by atoms with E-state index in [1.54, 1.807) is 12.1 Å². The third kappa shape index (κ3) is 5.83. The second kappa shape index (κ2) is 8.15. The molecule has 0 aliphatic heterocycles. The molecule has 1 rings (SSSR count). The van der Waals surface area contributed by atoms with E-state index < -0.39 is 0 Å². The Bertz CT molecular complexity index is 422. The molecule has 20 heavy (non-hydrogen) atoms. The molecule has 4 heteroatoms. The predicted molar refractivity (Wildman–Crippen MR) is 83.2 cm³/mol. The average Bonchev–Trinajstić information content (AvgIpc) is 2.35. The highest BCUT2D eigenvalue weighted by atomic mass is 35.5. The Hall–Kier alpha value is -1.22. The van der Waals surface area contributed by atoms with Crippen LogP contribution in [0.2, 0.25) is 5.02 Å². The van der Waals surface area contributed by atoms with Crippen molar-refractivity contribution in [2.24, 2.45) is 11.8 Å². The second-order valence-electron chi connectivity index (χ2n) is 5.81. The lowest BCUT2D eigenvalue weighted by atomic mass is 10.1. The highest BCUT2D eigenvalue weighted by Gasteiger charge is 2.17. The fourth-order valence-corrected chi connectivity index (χ4v) is 2.14. The fourth-order valence-electron chi connectivity index (χ4n) is 1.95. The van der Waals surface area contributed by atoms with Crippen LogP contribution in [0.15, 0.2) is 24.3 Å². The number of benzene rings is 1. The van der Waals surface area contributed by atoms with Gasteiger partial charge >= 0.3 is 0 Å². The van der Waals surface area contributed by atoms with Crippen LogP contribution in [0.3, 0.4) is 0 Å². The summed E-state index contributed by atoms with van der Waals surface area (Å²) in [6.45, 7) is 9.96. The van der Waals surface area contributed by atoms with Crippen molar-refractivity contribution in [1.82, 2.24) is 4.90 Å². The molecule has 112 valence electrons. The molecule has 0 saturated carbocycles. The Kier molecular flexibility index (Phi) is 6.86. The first kappa shape index (κ1) is 16.8. The van der Waals surface area contributed by atoms with Crippen LogP contribution in [0.1, 0.15) is 27.7 Å². The van der Waals surface area contributed by atoms with Crippen LogP contribution in [0.4, 0.5) is 0 Å². The molecule has 0 radical (unpaired) electrons. The molecular weight excluding hydrogens is 274 g/mol. The molecule has 0 N–H and O–H groups in total. The topological polar surface area (TPSA) is 29.5 Å². The quantitative estimate of drug-likeness (QED) is 0.765. The predicted octanol–water partition coefficient (Wildman–Crippen LogP) is 3.86. The molecular formula is C16H24ClNO2. The van der Waals surface area contributed by atoms with Gasteiger partial charge in [-0.3, -0.25) is 4.79 Å². The smallest absolute Gasteiger partial charge is 0.260 e. The van der Waals surface area contributed by atoms with E-state index in [-0.39, 0.29) is 12.5 Å². The van der Waals surface area contributed by atoms with Gasteiger partial charge in [0.2, 0.25) is 0 Å². The van der Waals surface area contributed by atoms with Crippen LogP contribution in [-0.2, 0) is 4.79 Å².